The van der Waals surface area contributed by atoms with E-state index in [1.54, 1.807) is 0 Å². The molecule has 2 heteroatoms. The number of nitrogens with one attached hydrogen (secondary N) is 1. The number of rotatable bonds is 16. The standard InChI is InChI=1S/C24H50NP/c1-8-10-11-15-22(18-20-26-7)21(9-2)14-12-13-16-23(25-6)17-19-24(3,4)5/h12-13,21-23,25-26H,8-11,14-20H2,1-7H3. The molecule has 156 valence electrons. The van der Waals surface area contributed by atoms with Crippen LogP contribution in [0.2, 0.25) is 0 Å². The summed E-state index contributed by atoms with van der Waals surface area (Å²) in [6.07, 6.45) is 19.9. The van der Waals surface area contributed by atoms with Gasteiger partial charge in [-0.25, -0.2) is 0 Å². The topological polar surface area (TPSA) is 12.0 Å². The molecule has 0 bridgehead atoms. The van der Waals surface area contributed by atoms with Gasteiger partial charge in [-0.15, -0.1) is 8.58 Å². The summed E-state index contributed by atoms with van der Waals surface area (Å²) < 4.78 is 0. The highest BCUT2D eigenvalue weighted by molar-refractivity contribution is 7.36. The van der Waals surface area contributed by atoms with E-state index in [1.807, 2.05) is 0 Å². The Balaban J connectivity index is 4.43. The fraction of sp³-hybridized carbons (Fsp3) is 0.917. The molecule has 0 saturated heterocycles. The highest BCUT2D eigenvalue weighted by Gasteiger charge is 2.18. The van der Waals surface area contributed by atoms with E-state index in [2.05, 4.69) is 65.8 Å². The lowest BCUT2D eigenvalue weighted by atomic mass is 9.81. The Labute approximate surface area is 168 Å². The third-order valence-electron chi connectivity index (χ3n) is 5.81. The SMILES string of the molecule is CCCCCC(CCPC)C(CC)CC=CCC(CCC(C)(C)C)NC. The lowest BCUT2D eigenvalue weighted by Gasteiger charge is -2.26. The Morgan fingerprint density at radius 3 is 2.15 bits per heavy atom. The number of hydrogen-bond acceptors (Lipinski definition) is 1. The summed E-state index contributed by atoms with van der Waals surface area (Å²) in [5, 5.41) is 3.51. The summed E-state index contributed by atoms with van der Waals surface area (Å²) in [6, 6.07) is 0.632. The molecule has 0 aromatic heterocycles. The second kappa shape index (κ2) is 16.1. The molecule has 0 radical (unpaired) electrons. The normalized spacial score (nSPS) is 16.6. The third kappa shape index (κ3) is 14.2. The van der Waals surface area contributed by atoms with Crippen molar-refractivity contribution in [1.29, 1.82) is 0 Å². The van der Waals surface area contributed by atoms with Crippen molar-refractivity contribution >= 4 is 8.58 Å². The molecule has 0 rings (SSSR count). The van der Waals surface area contributed by atoms with Gasteiger partial charge in [0.15, 0.2) is 0 Å². The number of hydrogen-bond donors (Lipinski definition) is 1. The molecular formula is C24H50NP. The molecule has 0 aliphatic heterocycles. The largest absolute Gasteiger partial charge is 0.317 e. The van der Waals surface area contributed by atoms with Crippen LogP contribution in [0.4, 0.5) is 0 Å². The van der Waals surface area contributed by atoms with E-state index in [1.165, 1.54) is 70.4 Å². The molecule has 4 atom stereocenters. The van der Waals surface area contributed by atoms with Gasteiger partial charge < -0.3 is 5.32 Å². The van der Waals surface area contributed by atoms with E-state index in [4.69, 9.17) is 0 Å². The maximum absolute atomic E-state index is 3.51. The van der Waals surface area contributed by atoms with Gasteiger partial charge in [-0.05, 0) is 69.2 Å². The zero-order valence-corrected chi connectivity index (χ0v) is 20.2. The first kappa shape index (κ1) is 26.1. The van der Waals surface area contributed by atoms with Crippen LogP contribution in [-0.2, 0) is 0 Å². The molecule has 0 aliphatic rings. The highest BCUT2D eigenvalue weighted by atomic mass is 31.1. The van der Waals surface area contributed by atoms with Crippen molar-refractivity contribution in [3.63, 3.8) is 0 Å². The smallest absolute Gasteiger partial charge is 0.00987 e. The van der Waals surface area contributed by atoms with Crippen LogP contribution in [0.3, 0.4) is 0 Å². The van der Waals surface area contributed by atoms with E-state index < -0.39 is 0 Å². The van der Waals surface area contributed by atoms with Crippen LogP contribution in [0.1, 0.15) is 98.8 Å². The summed E-state index contributed by atoms with van der Waals surface area (Å²) in [4.78, 5) is 0. The van der Waals surface area contributed by atoms with Crippen LogP contribution in [0, 0.1) is 17.3 Å². The van der Waals surface area contributed by atoms with Crippen molar-refractivity contribution in [3.05, 3.63) is 12.2 Å². The highest BCUT2D eigenvalue weighted by Crippen LogP contribution is 2.30. The van der Waals surface area contributed by atoms with Gasteiger partial charge in [0.25, 0.3) is 0 Å². The zero-order chi connectivity index (χ0) is 19.8. The predicted molar refractivity (Wildman–Crippen MR) is 125 cm³/mol. The Bertz CT molecular complexity index is 332. The molecule has 0 saturated carbocycles. The molecule has 0 aliphatic carbocycles. The molecule has 1 nitrogen and oxygen atoms in total. The number of unbranched alkanes of at least 4 members (excludes halogenated alkanes) is 2. The monoisotopic (exact) mass is 383 g/mol. The van der Waals surface area contributed by atoms with E-state index >= 15 is 0 Å². The van der Waals surface area contributed by atoms with Crippen LogP contribution < -0.4 is 5.32 Å². The Morgan fingerprint density at radius 1 is 0.923 bits per heavy atom. The Hall–Kier alpha value is 0.130. The van der Waals surface area contributed by atoms with Gasteiger partial charge >= 0.3 is 0 Å². The summed E-state index contributed by atoms with van der Waals surface area (Å²) in [5.41, 5.74) is 0.442. The molecule has 4 unspecified atom stereocenters. The minimum absolute atomic E-state index is 0.442. The maximum atomic E-state index is 3.51. The second-order valence-corrected chi connectivity index (χ2v) is 10.6. The van der Waals surface area contributed by atoms with Crippen molar-refractivity contribution in [2.45, 2.75) is 105 Å². The van der Waals surface area contributed by atoms with E-state index in [9.17, 15) is 0 Å². The van der Waals surface area contributed by atoms with Crippen molar-refractivity contribution in [3.8, 4) is 0 Å². The van der Waals surface area contributed by atoms with Crippen LogP contribution in [-0.4, -0.2) is 25.9 Å². The van der Waals surface area contributed by atoms with Gasteiger partial charge in [-0.3, -0.25) is 0 Å². The summed E-state index contributed by atoms with van der Waals surface area (Å²) in [6.45, 7) is 14.1. The lowest BCUT2D eigenvalue weighted by molar-refractivity contribution is 0.289. The minimum atomic E-state index is 0.442. The maximum Gasteiger partial charge on any atom is 0.00987 e. The van der Waals surface area contributed by atoms with Gasteiger partial charge in [0.2, 0.25) is 0 Å². The Kier molecular flexibility index (Phi) is 16.2. The van der Waals surface area contributed by atoms with Gasteiger partial charge in [0, 0.05) is 6.04 Å². The van der Waals surface area contributed by atoms with Gasteiger partial charge in [-0.2, -0.15) is 0 Å². The van der Waals surface area contributed by atoms with Crippen LogP contribution in [0.15, 0.2) is 12.2 Å². The molecule has 0 fully saturated rings. The molecule has 0 aromatic carbocycles. The predicted octanol–water partition coefficient (Wildman–Crippen LogP) is 7.66. The summed E-state index contributed by atoms with van der Waals surface area (Å²) in [5.74, 6) is 1.84. The molecule has 0 aromatic rings. The van der Waals surface area contributed by atoms with Crippen molar-refractivity contribution in [1.82, 2.24) is 5.32 Å². The minimum Gasteiger partial charge on any atom is -0.317 e. The molecule has 0 amide bonds. The van der Waals surface area contributed by atoms with Crippen LogP contribution in [0.25, 0.3) is 0 Å². The van der Waals surface area contributed by atoms with E-state index in [-0.39, 0.29) is 0 Å². The van der Waals surface area contributed by atoms with Gasteiger partial charge in [-0.1, -0.05) is 78.9 Å². The van der Waals surface area contributed by atoms with Crippen molar-refractivity contribution in [2.75, 3.05) is 19.9 Å². The number of allylic oxidation sites excluding steroid dienone is 1. The Morgan fingerprint density at radius 2 is 1.62 bits per heavy atom. The lowest BCUT2D eigenvalue weighted by Crippen LogP contribution is -2.26. The van der Waals surface area contributed by atoms with E-state index in [0.29, 0.717) is 11.5 Å². The first-order chi connectivity index (χ1) is 12.4. The average Bonchev–Trinajstić information content (AvgIpc) is 2.60. The van der Waals surface area contributed by atoms with Crippen molar-refractivity contribution in [2.24, 2.45) is 17.3 Å². The quantitative estimate of drug-likeness (QED) is 0.164. The fourth-order valence-electron chi connectivity index (χ4n) is 3.81. The van der Waals surface area contributed by atoms with Gasteiger partial charge in [0.05, 0.1) is 0 Å². The second-order valence-electron chi connectivity index (χ2n) is 9.34. The first-order valence-electron chi connectivity index (χ1n) is 11.3. The zero-order valence-electron chi connectivity index (χ0n) is 19.2. The fourth-order valence-corrected chi connectivity index (χ4v) is 4.47. The summed E-state index contributed by atoms with van der Waals surface area (Å²) in [7, 11) is 3.23. The first-order valence-corrected chi connectivity index (χ1v) is 13.0. The molecule has 26 heavy (non-hydrogen) atoms. The van der Waals surface area contributed by atoms with Gasteiger partial charge in [0.1, 0.15) is 0 Å². The van der Waals surface area contributed by atoms with Crippen LogP contribution >= 0.6 is 8.58 Å². The molecular weight excluding hydrogens is 333 g/mol. The van der Waals surface area contributed by atoms with Crippen LogP contribution in [0.5, 0.6) is 0 Å². The molecule has 1 N–H and O–H groups in total. The molecule has 0 heterocycles. The van der Waals surface area contributed by atoms with Crippen molar-refractivity contribution < 1.29 is 0 Å². The third-order valence-corrected chi connectivity index (χ3v) is 6.60. The molecule has 0 spiro atoms. The van der Waals surface area contributed by atoms with E-state index in [0.717, 1.165) is 20.4 Å². The summed E-state index contributed by atoms with van der Waals surface area (Å²) >= 11 is 0. The average molecular weight is 384 g/mol.